The Morgan fingerprint density at radius 3 is 2.36 bits per heavy atom. The predicted octanol–water partition coefficient (Wildman–Crippen LogP) is 3.52. The Morgan fingerprint density at radius 2 is 1.80 bits per heavy atom. The van der Waals surface area contributed by atoms with E-state index in [1.807, 2.05) is 25.1 Å². The van der Waals surface area contributed by atoms with Crippen LogP contribution in [0.5, 0.6) is 0 Å². The lowest BCUT2D eigenvalue weighted by atomic mass is 10.2. The molecule has 25 heavy (non-hydrogen) atoms. The van der Waals surface area contributed by atoms with Gasteiger partial charge in [0.2, 0.25) is 11.8 Å². The van der Waals surface area contributed by atoms with Crippen LogP contribution >= 0.6 is 11.3 Å². The lowest BCUT2D eigenvalue weighted by Crippen LogP contribution is -2.28. The molecule has 0 bridgehead atoms. The minimum absolute atomic E-state index is 0.120. The van der Waals surface area contributed by atoms with Crippen LogP contribution in [0.25, 0.3) is 0 Å². The lowest BCUT2D eigenvalue weighted by Gasteiger charge is -2.14. The zero-order valence-corrected chi connectivity index (χ0v) is 15.1. The molecule has 0 saturated carbocycles. The highest BCUT2D eigenvalue weighted by Crippen LogP contribution is 2.24. The molecule has 1 saturated heterocycles. The molecule has 0 aliphatic carbocycles. The summed E-state index contributed by atoms with van der Waals surface area (Å²) in [6, 6.07) is 9.15. The Kier molecular flexibility index (Phi) is 4.99. The number of benzene rings is 1. The first-order valence-electron chi connectivity index (χ1n) is 8.30. The van der Waals surface area contributed by atoms with E-state index in [1.165, 1.54) is 21.1 Å². The fourth-order valence-electron chi connectivity index (χ4n) is 2.85. The summed E-state index contributed by atoms with van der Waals surface area (Å²) in [7, 11) is 0. The van der Waals surface area contributed by atoms with Crippen molar-refractivity contribution in [2.75, 3.05) is 5.32 Å². The van der Waals surface area contributed by atoms with E-state index in [1.54, 1.807) is 12.1 Å². The molecular formula is C19H20N2O3S. The van der Waals surface area contributed by atoms with Crippen molar-refractivity contribution in [3.8, 4) is 0 Å². The molecule has 6 heteroatoms. The average molecular weight is 356 g/mol. The second-order valence-corrected chi connectivity index (χ2v) is 7.23. The smallest absolute Gasteiger partial charge is 0.265 e. The van der Waals surface area contributed by atoms with Gasteiger partial charge in [-0.3, -0.25) is 19.3 Å². The van der Waals surface area contributed by atoms with Crippen molar-refractivity contribution in [3.63, 3.8) is 0 Å². The first kappa shape index (κ1) is 17.4. The van der Waals surface area contributed by atoms with Crippen molar-refractivity contribution in [2.45, 2.75) is 39.7 Å². The Labute approximate surface area is 150 Å². The van der Waals surface area contributed by atoms with Crippen LogP contribution in [0, 0.1) is 6.92 Å². The van der Waals surface area contributed by atoms with Crippen LogP contribution in [-0.2, 0) is 22.6 Å². The molecule has 1 N–H and O–H groups in total. The molecule has 1 aliphatic rings. The summed E-state index contributed by atoms with van der Waals surface area (Å²) in [6.45, 7) is 4.38. The fourth-order valence-corrected chi connectivity index (χ4v) is 3.86. The van der Waals surface area contributed by atoms with Crippen molar-refractivity contribution in [2.24, 2.45) is 0 Å². The highest BCUT2D eigenvalue weighted by Gasteiger charge is 2.28. The number of nitrogens with one attached hydrogen (secondary N) is 1. The van der Waals surface area contributed by atoms with E-state index in [2.05, 4.69) is 12.2 Å². The predicted molar refractivity (Wildman–Crippen MR) is 97.6 cm³/mol. The number of aryl methyl sites for hydroxylation is 2. The summed E-state index contributed by atoms with van der Waals surface area (Å²) < 4.78 is 0. The summed E-state index contributed by atoms with van der Waals surface area (Å²) in [5.74, 6) is -0.366. The van der Waals surface area contributed by atoms with Gasteiger partial charge in [-0.2, -0.15) is 0 Å². The molecular weight excluding hydrogens is 336 g/mol. The zero-order valence-electron chi connectivity index (χ0n) is 14.3. The number of hydrogen-bond acceptors (Lipinski definition) is 4. The number of rotatable bonds is 5. The quantitative estimate of drug-likeness (QED) is 0.834. The third kappa shape index (κ3) is 3.79. The van der Waals surface area contributed by atoms with Gasteiger partial charge in [0.1, 0.15) is 0 Å². The minimum atomic E-state index is -0.123. The number of nitrogens with zero attached hydrogens (tertiary/aromatic N) is 1. The monoisotopic (exact) mass is 356 g/mol. The van der Waals surface area contributed by atoms with Gasteiger partial charge in [0, 0.05) is 23.4 Å². The number of anilines is 1. The Morgan fingerprint density at radius 1 is 1.16 bits per heavy atom. The number of hydrogen-bond donors (Lipinski definition) is 1. The molecule has 1 aliphatic heterocycles. The molecule has 1 fully saturated rings. The summed E-state index contributed by atoms with van der Waals surface area (Å²) >= 11 is 1.52. The third-order valence-electron chi connectivity index (χ3n) is 4.27. The fraction of sp³-hybridized carbons (Fsp3) is 0.316. The number of amides is 3. The maximum Gasteiger partial charge on any atom is 0.265 e. The van der Waals surface area contributed by atoms with Crippen LogP contribution in [0.2, 0.25) is 0 Å². The highest BCUT2D eigenvalue weighted by atomic mass is 32.1. The molecule has 130 valence electrons. The van der Waals surface area contributed by atoms with E-state index >= 15 is 0 Å². The molecule has 5 nitrogen and oxygen atoms in total. The van der Waals surface area contributed by atoms with E-state index in [0.29, 0.717) is 23.4 Å². The van der Waals surface area contributed by atoms with E-state index in [9.17, 15) is 14.4 Å². The van der Waals surface area contributed by atoms with Crippen molar-refractivity contribution < 1.29 is 14.4 Å². The van der Waals surface area contributed by atoms with Crippen LogP contribution in [0.1, 0.15) is 45.4 Å². The van der Waals surface area contributed by atoms with Crippen LogP contribution in [0.15, 0.2) is 30.3 Å². The largest absolute Gasteiger partial charge is 0.321 e. The molecule has 0 radical (unpaired) electrons. The maximum absolute atomic E-state index is 12.3. The van der Waals surface area contributed by atoms with Gasteiger partial charge in [-0.15, -0.1) is 11.3 Å². The number of likely N-dealkylation sites (tertiary alicyclic amines) is 1. The Bertz CT molecular complexity index is 808. The normalized spacial score (nSPS) is 14.2. The highest BCUT2D eigenvalue weighted by molar-refractivity contribution is 7.14. The van der Waals surface area contributed by atoms with E-state index in [-0.39, 0.29) is 24.3 Å². The van der Waals surface area contributed by atoms with Gasteiger partial charge in [-0.25, -0.2) is 0 Å². The van der Waals surface area contributed by atoms with Gasteiger partial charge in [0.15, 0.2) is 0 Å². The summed E-state index contributed by atoms with van der Waals surface area (Å²) in [6.07, 6.45) is 1.52. The molecule has 1 aromatic heterocycles. The van der Waals surface area contributed by atoms with Crippen LogP contribution < -0.4 is 5.32 Å². The number of thiophene rings is 1. The van der Waals surface area contributed by atoms with Gasteiger partial charge in [0.05, 0.1) is 11.4 Å². The number of carbonyl (C=O) groups excluding carboxylic acids is 3. The van der Waals surface area contributed by atoms with Gasteiger partial charge >= 0.3 is 0 Å². The minimum Gasteiger partial charge on any atom is -0.321 e. The second kappa shape index (κ2) is 7.19. The standard InChI is InChI=1S/C19H20N2O3S/c1-3-15-12(2)10-16(25-15)19(24)20-14-6-4-13(5-7-14)11-21-17(22)8-9-18(21)23/h4-7,10H,3,8-9,11H2,1-2H3,(H,20,24). The molecule has 1 aromatic carbocycles. The maximum atomic E-state index is 12.3. The lowest BCUT2D eigenvalue weighted by molar-refractivity contribution is -0.139. The molecule has 3 amide bonds. The van der Waals surface area contributed by atoms with Crippen molar-refractivity contribution in [1.82, 2.24) is 4.90 Å². The molecule has 0 spiro atoms. The molecule has 2 heterocycles. The molecule has 0 unspecified atom stereocenters. The van der Waals surface area contributed by atoms with Crippen LogP contribution in [0.4, 0.5) is 5.69 Å². The second-order valence-electron chi connectivity index (χ2n) is 6.10. The third-order valence-corrected chi connectivity index (χ3v) is 5.65. The van der Waals surface area contributed by atoms with Gasteiger partial charge < -0.3 is 5.32 Å². The molecule has 0 atom stereocenters. The van der Waals surface area contributed by atoms with Gasteiger partial charge in [-0.1, -0.05) is 19.1 Å². The van der Waals surface area contributed by atoms with E-state index in [0.717, 1.165) is 17.5 Å². The van der Waals surface area contributed by atoms with Crippen molar-refractivity contribution >= 4 is 34.7 Å². The summed E-state index contributed by atoms with van der Waals surface area (Å²) in [5.41, 5.74) is 2.70. The van der Waals surface area contributed by atoms with Crippen LogP contribution in [-0.4, -0.2) is 22.6 Å². The SMILES string of the molecule is CCc1sc(C(=O)Nc2ccc(CN3C(=O)CCC3=O)cc2)cc1C. The van der Waals surface area contributed by atoms with Gasteiger partial charge in [0.25, 0.3) is 5.91 Å². The van der Waals surface area contributed by atoms with E-state index in [4.69, 9.17) is 0 Å². The molecule has 3 rings (SSSR count). The topological polar surface area (TPSA) is 66.5 Å². The van der Waals surface area contributed by atoms with Crippen molar-refractivity contribution in [1.29, 1.82) is 0 Å². The Balaban J connectivity index is 1.65. The summed E-state index contributed by atoms with van der Waals surface area (Å²) in [5, 5.41) is 2.89. The number of carbonyl (C=O) groups is 3. The first-order chi connectivity index (χ1) is 12.0. The van der Waals surface area contributed by atoms with Gasteiger partial charge in [-0.05, 0) is 42.7 Å². The Hall–Kier alpha value is -2.47. The molecule has 2 aromatic rings. The zero-order chi connectivity index (χ0) is 18.0. The van der Waals surface area contributed by atoms with E-state index < -0.39 is 0 Å². The summed E-state index contributed by atoms with van der Waals surface area (Å²) in [4.78, 5) is 38.9. The average Bonchev–Trinajstić information content (AvgIpc) is 3.13. The van der Waals surface area contributed by atoms with Crippen LogP contribution in [0.3, 0.4) is 0 Å². The first-order valence-corrected chi connectivity index (χ1v) is 9.12. The van der Waals surface area contributed by atoms with Crippen molar-refractivity contribution in [3.05, 3.63) is 51.2 Å². The number of imide groups is 1.